The van der Waals surface area contributed by atoms with Gasteiger partial charge in [-0.3, -0.25) is 9.79 Å². The van der Waals surface area contributed by atoms with Crippen LogP contribution < -0.4 is 4.74 Å². The number of nitrogens with zero attached hydrogens (tertiary/aromatic N) is 5. The SMILES string of the molecule is C=C/C(=C\N=C(C)C1(O)CCOCC1)c1ccn2nc3c(c2n1)C1CC3N(C)C(=O)c2cccc(OC(F)F)c21.CC. The number of allylic oxidation sites excluding steroid dienone is 2. The number of hydrogen-bond donors (Lipinski definition) is 1. The van der Waals surface area contributed by atoms with Gasteiger partial charge in [0.05, 0.1) is 17.4 Å². The summed E-state index contributed by atoms with van der Waals surface area (Å²) < 4.78 is 38.6. The quantitative estimate of drug-likeness (QED) is 0.304. The van der Waals surface area contributed by atoms with Gasteiger partial charge < -0.3 is 19.5 Å². The molecule has 2 bridgehead atoms. The van der Waals surface area contributed by atoms with Crippen LogP contribution in [-0.4, -0.2) is 68.7 Å². The second-order valence-corrected chi connectivity index (χ2v) is 10.3. The van der Waals surface area contributed by atoms with Gasteiger partial charge in [-0.15, -0.1) is 0 Å². The molecule has 1 fully saturated rings. The Morgan fingerprint density at radius 3 is 2.69 bits per heavy atom. The third-order valence-electron chi connectivity index (χ3n) is 8.23. The molecule has 2 aromatic heterocycles. The van der Waals surface area contributed by atoms with Crippen molar-refractivity contribution in [1.29, 1.82) is 0 Å². The van der Waals surface area contributed by atoms with E-state index >= 15 is 0 Å². The fraction of sp³-hybridized carbons (Fsp3) is 0.419. The van der Waals surface area contributed by atoms with Gasteiger partial charge in [0.25, 0.3) is 5.91 Å². The van der Waals surface area contributed by atoms with E-state index < -0.39 is 18.1 Å². The van der Waals surface area contributed by atoms with Gasteiger partial charge in [0, 0.05) is 79.4 Å². The zero-order valence-electron chi connectivity index (χ0n) is 24.2. The predicted molar refractivity (Wildman–Crippen MR) is 155 cm³/mol. The van der Waals surface area contributed by atoms with Crippen molar-refractivity contribution in [3.05, 3.63) is 77.4 Å². The van der Waals surface area contributed by atoms with Crippen LogP contribution in [-0.2, 0) is 4.74 Å². The Labute approximate surface area is 243 Å². The number of alkyl halides is 2. The summed E-state index contributed by atoms with van der Waals surface area (Å²) in [5, 5.41) is 15.7. The minimum atomic E-state index is -3.03. The van der Waals surface area contributed by atoms with Crippen LogP contribution in [0.1, 0.15) is 84.9 Å². The molecule has 222 valence electrons. The van der Waals surface area contributed by atoms with Crippen LogP contribution in [0, 0.1) is 0 Å². The van der Waals surface area contributed by atoms with Gasteiger partial charge >= 0.3 is 6.61 Å². The monoisotopic (exact) mass is 579 g/mol. The molecule has 1 aliphatic carbocycles. The van der Waals surface area contributed by atoms with E-state index in [4.69, 9.17) is 19.6 Å². The Balaban J connectivity index is 0.00000173. The molecule has 9 nitrogen and oxygen atoms in total. The fourth-order valence-electron chi connectivity index (χ4n) is 5.96. The molecular weight excluding hydrogens is 544 g/mol. The molecule has 42 heavy (non-hydrogen) atoms. The highest BCUT2D eigenvalue weighted by atomic mass is 19.3. The molecule has 2 unspecified atom stereocenters. The van der Waals surface area contributed by atoms with Crippen molar-refractivity contribution in [1.82, 2.24) is 19.5 Å². The van der Waals surface area contributed by atoms with E-state index in [1.54, 1.807) is 60.1 Å². The molecule has 2 aliphatic heterocycles. The molecule has 0 saturated carbocycles. The average molecular weight is 580 g/mol. The Hall–Kier alpha value is -3.96. The van der Waals surface area contributed by atoms with E-state index in [0.29, 0.717) is 71.9 Å². The Kier molecular flexibility index (Phi) is 8.25. The number of fused-ring (bicyclic) bond motifs is 9. The molecule has 1 saturated heterocycles. The normalized spacial score (nSPS) is 21.4. The topological polar surface area (TPSA) is 102 Å². The number of rotatable bonds is 6. The lowest BCUT2D eigenvalue weighted by atomic mass is 9.89. The second-order valence-electron chi connectivity index (χ2n) is 10.3. The van der Waals surface area contributed by atoms with Crippen molar-refractivity contribution in [2.24, 2.45) is 4.99 Å². The number of carbonyl (C=O) groups excluding carboxylic acids is 1. The van der Waals surface area contributed by atoms with Gasteiger partial charge in [0.2, 0.25) is 0 Å². The van der Waals surface area contributed by atoms with E-state index in [2.05, 4.69) is 11.6 Å². The minimum absolute atomic E-state index is 0.0224. The first-order valence-electron chi connectivity index (χ1n) is 14.1. The van der Waals surface area contributed by atoms with E-state index in [1.807, 2.05) is 13.8 Å². The summed E-state index contributed by atoms with van der Waals surface area (Å²) in [4.78, 5) is 24.4. The number of benzene rings is 1. The lowest BCUT2D eigenvalue weighted by molar-refractivity contribution is -0.0506. The number of aliphatic imine (C=N–C) groups is 1. The van der Waals surface area contributed by atoms with Crippen LogP contribution in [0.25, 0.3) is 11.2 Å². The fourth-order valence-corrected chi connectivity index (χ4v) is 5.96. The maximum absolute atomic E-state index is 13.4. The molecular formula is C31H35F2N5O4. The summed E-state index contributed by atoms with van der Waals surface area (Å²) in [6.45, 7) is 7.63. The predicted octanol–water partition coefficient (Wildman–Crippen LogP) is 5.55. The molecule has 0 radical (unpaired) electrons. The first-order valence-corrected chi connectivity index (χ1v) is 14.1. The minimum Gasteiger partial charge on any atom is -0.434 e. The maximum atomic E-state index is 13.4. The van der Waals surface area contributed by atoms with Crippen molar-refractivity contribution >= 4 is 22.8 Å². The molecule has 1 aromatic carbocycles. The van der Waals surface area contributed by atoms with Gasteiger partial charge in [0.15, 0.2) is 5.65 Å². The summed E-state index contributed by atoms with van der Waals surface area (Å²) in [6.07, 6.45) is 6.47. The standard InChI is InChI=1S/C29H29F2N5O4.C2H6/c1-4-17(15-32-16(2)29(38)9-12-39-13-10-29)20-8-11-36-26(33-20)24-19-14-21(25(24)34-36)35(3)27(37)18-6-5-7-22(23(18)19)40-28(30)31;1-2/h4-8,11,15,19,21,28,38H,1,9-10,12-14H2,2-3H3;1-2H3/b17-15+,32-16?;. The zero-order valence-corrected chi connectivity index (χ0v) is 24.2. The van der Waals surface area contributed by atoms with Gasteiger partial charge in [-0.25, -0.2) is 9.50 Å². The molecule has 1 amide bonds. The summed E-state index contributed by atoms with van der Waals surface area (Å²) in [7, 11) is 1.70. The third-order valence-corrected chi connectivity index (χ3v) is 8.23. The smallest absolute Gasteiger partial charge is 0.387 e. The highest BCUT2D eigenvalue weighted by Gasteiger charge is 2.46. The van der Waals surface area contributed by atoms with Gasteiger partial charge in [-0.05, 0) is 31.5 Å². The molecule has 3 aliphatic rings. The Bertz CT molecular complexity index is 1570. The molecule has 6 rings (SSSR count). The van der Waals surface area contributed by atoms with Crippen molar-refractivity contribution in [3.8, 4) is 5.75 Å². The van der Waals surface area contributed by atoms with Crippen LogP contribution >= 0.6 is 0 Å². The summed E-state index contributed by atoms with van der Waals surface area (Å²) in [5.74, 6) is -0.709. The van der Waals surface area contributed by atoms with Crippen LogP contribution in [0.2, 0.25) is 0 Å². The highest BCUT2D eigenvalue weighted by Crippen LogP contribution is 2.53. The number of ether oxygens (including phenoxy) is 2. The molecule has 3 aromatic rings. The Morgan fingerprint density at radius 2 is 2.00 bits per heavy atom. The van der Waals surface area contributed by atoms with E-state index in [9.17, 15) is 18.7 Å². The van der Waals surface area contributed by atoms with Crippen LogP contribution in [0.15, 0.2) is 54.3 Å². The zero-order chi connectivity index (χ0) is 30.2. The molecule has 4 heterocycles. The lowest BCUT2D eigenvalue weighted by Gasteiger charge is -2.31. The summed E-state index contributed by atoms with van der Waals surface area (Å²) in [5.41, 5.74) is 3.56. The summed E-state index contributed by atoms with van der Waals surface area (Å²) in [6, 6.07) is 6.10. The number of amides is 1. The molecule has 1 N–H and O–H groups in total. The summed E-state index contributed by atoms with van der Waals surface area (Å²) >= 11 is 0. The number of hydrogen-bond acceptors (Lipinski definition) is 7. The van der Waals surface area contributed by atoms with Crippen molar-refractivity contribution in [3.63, 3.8) is 0 Å². The van der Waals surface area contributed by atoms with Gasteiger partial charge in [-0.1, -0.05) is 32.6 Å². The van der Waals surface area contributed by atoms with E-state index in [-0.39, 0.29) is 17.7 Å². The van der Waals surface area contributed by atoms with Crippen molar-refractivity contribution < 1.29 is 28.2 Å². The van der Waals surface area contributed by atoms with Gasteiger partial charge in [0.1, 0.15) is 11.4 Å². The lowest BCUT2D eigenvalue weighted by Crippen LogP contribution is -2.42. The third kappa shape index (κ3) is 5.00. The number of halogens is 2. The highest BCUT2D eigenvalue weighted by molar-refractivity contribution is 5.98. The average Bonchev–Trinajstić information content (AvgIpc) is 3.52. The molecule has 0 spiro atoms. The van der Waals surface area contributed by atoms with Crippen LogP contribution in [0.5, 0.6) is 5.75 Å². The second kappa shape index (κ2) is 11.7. The first-order chi connectivity index (χ1) is 20.2. The van der Waals surface area contributed by atoms with E-state index in [1.165, 1.54) is 6.07 Å². The molecule has 2 atom stereocenters. The van der Waals surface area contributed by atoms with Crippen LogP contribution in [0.4, 0.5) is 8.78 Å². The first kappa shape index (κ1) is 29.5. The number of carbonyl (C=O) groups is 1. The van der Waals surface area contributed by atoms with Gasteiger partial charge in [-0.2, -0.15) is 13.9 Å². The Morgan fingerprint density at radius 1 is 1.26 bits per heavy atom. The van der Waals surface area contributed by atoms with E-state index in [0.717, 1.165) is 5.56 Å². The largest absolute Gasteiger partial charge is 0.434 e. The van der Waals surface area contributed by atoms with Crippen LogP contribution in [0.3, 0.4) is 0 Å². The molecule has 11 heteroatoms. The van der Waals surface area contributed by atoms with Crippen molar-refractivity contribution in [2.75, 3.05) is 20.3 Å². The number of aliphatic hydroxyl groups is 1. The number of aromatic nitrogens is 3. The maximum Gasteiger partial charge on any atom is 0.387 e. The van der Waals surface area contributed by atoms with Crippen molar-refractivity contribution in [2.45, 2.75) is 64.2 Å².